The molecule has 4 rings (SSSR count). The van der Waals surface area contributed by atoms with Crippen LogP contribution in [-0.4, -0.2) is 22.4 Å². The van der Waals surface area contributed by atoms with Gasteiger partial charge in [0.05, 0.1) is 5.60 Å². The SMILES string of the molecule is C[C@H](CCCC(C)(C)O)[C@H]1CC[C@H]2[C@@H]3CC[C@H]4CC(CO)CC[C@]4(C)[C@H]3CC[C@]12C. The molecule has 0 radical (unpaired) electrons. The van der Waals surface area contributed by atoms with Gasteiger partial charge in [-0.2, -0.15) is 0 Å². The van der Waals surface area contributed by atoms with Gasteiger partial charge >= 0.3 is 0 Å². The van der Waals surface area contributed by atoms with Crippen molar-refractivity contribution in [3.63, 3.8) is 0 Å². The summed E-state index contributed by atoms with van der Waals surface area (Å²) in [6.07, 6.45) is 16.0. The molecule has 4 aliphatic carbocycles. The lowest BCUT2D eigenvalue weighted by atomic mass is 9.44. The fourth-order valence-corrected chi connectivity index (χ4v) is 9.55. The predicted molar refractivity (Wildman–Crippen MR) is 125 cm³/mol. The van der Waals surface area contributed by atoms with E-state index in [0.717, 1.165) is 41.9 Å². The normalized spacial score (nSPS) is 47.3. The van der Waals surface area contributed by atoms with Crippen molar-refractivity contribution < 1.29 is 10.2 Å². The quantitative estimate of drug-likeness (QED) is 0.496. The van der Waals surface area contributed by atoms with Crippen LogP contribution in [0, 0.1) is 52.3 Å². The Bertz CT molecular complexity index is 594. The molecule has 2 N–H and O–H groups in total. The Morgan fingerprint density at radius 1 is 0.933 bits per heavy atom. The van der Waals surface area contributed by atoms with Crippen molar-refractivity contribution in [2.24, 2.45) is 52.3 Å². The van der Waals surface area contributed by atoms with Crippen LogP contribution in [0.2, 0.25) is 0 Å². The molecule has 4 fully saturated rings. The molecule has 0 spiro atoms. The van der Waals surface area contributed by atoms with Crippen LogP contribution in [0.3, 0.4) is 0 Å². The standard InChI is InChI=1S/C28H50O2/c1-19(7-6-14-26(2,3)30)23-10-11-24-22-9-8-21-17-20(18-29)12-15-27(21,4)25(22)13-16-28(23,24)5/h19-25,29-30H,6-18H2,1-5H3/t19-,20?,21+,22+,23-,24+,25+,27+,28-/m1/s1. The second kappa shape index (κ2) is 8.36. The summed E-state index contributed by atoms with van der Waals surface area (Å²) in [5.41, 5.74) is 0.593. The van der Waals surface area contributed by atoms with E-state index in [4.69, 9.17) is 0 Å². The van der Waals surface area contributed by atoms with Crippen LogP contribution in [0.15, 0.2) is 0 Å². The first kappa shape index (κ1) is 23.1. The predicted octanol–water partition coefficient (Wildman–Crippen LogP) is 6.83. The van der Waals surface area contributed by atoms with Gasteiger partial charge in [0.2, 0.25) is 0 Å². The minimum Gasteiger partial charge on any atom is -0.396 e. The van der Waals surface area contributed by atoms with Crippen molar-refractivity contribution in [2.75, 3.05) is 6.61 Å². The van der Waals surface area contributed by atoms with Gasteiger partial charge in [0, 0.05) is 6.61 Å². The van der Waals surface area contributed by atoms with Crippen molar-refractivity contribution in [2.45, 2.75) is 117 Å². The van der Waals surface area contributed by atoms with Crippen molar-refractivity contribution in [1.29, 1.82) is 0 Å². The van der Waals surface area contributed by atoms with E-state index in [9.17, 15) is 10.2 Å². The van der Waals surface area contributed by atoms with Crippen molar-refractivity contribution in [1.82, 2.24) is 0 Å². The Kier molecular flexibility index (Phi) is 6.44. The van der Waals surface area contributed by atoms with Gasteiger partial charge in [-0.1, -0.05) is 33.6 Å². The molecule has 0 aromatic rings. The molecule has 0 saturated heterocycles. The first-order chi connectivity index (χ1) is 14.1. The summed E-state index contributed by atoms with van der Waals surface area (Å²) in [4.78, 5) is 0. The molecular formula is C28H50O2. The van der Waals surface area contributed by atoms with Crippen LogP contribution >= 0.6 is 0 Å². The first-order valence-electron chi connectivity index (χ1n) is 13.4. The highest BCUT2D eigenvalue weighted by Crippen LogP contribution is 2.68. The summed E-state index contributed by atoms with van der Waals surface area (Å²) in [5.74, 6) is 5.99. The molecule has 0 aliphatic heterocycles. The third-order valence-electron chi connectivity index (χ3n) is 11.2. The number of hydrogen-bond acceptors (Lipinski definition) is 2. The van der Waals surface area contributed by atoms with Crippen molar-refractivity contribution in [3.8, 4) is 0 Å². The monoisotopic (exact) mass is 418 g/mol. The minimum atomic E-state index is -0.511. The van der Waals surface area contributed by atoms with Crippen LogP contribution < -0.4 is 0 Å². The maximum absolute atomic E-state index is 10.1. The van der Waals surface area contributed by atoms with E-state index >= 15 is 0 Å². The van der Waals surface area contributed by atoms with E-state index in [0.29, 0.717) is 23.4 Å². The highest BCUT2D eigenvalue weighted by atomic mass is 16.3. The Morgan fingerprint density at radius 3 is 2.33 bits per heavy atom. The molecule has 0 heterocycles. The topological polar surface area (TPSA) is 40.5 Å². The number of aliphatic hydroxyl groups is 2. The second-order valence-corrected chi connectivity index (χ2v) is 13.4. The van der Waals surface area contributed by atoms with Crippen molar-refractivity contribution in [3.05, 3.63) is 0 Å². The van der Waals surface area contributed by atoms with Gasteiger partial charge in [-0.05, 0) is 130 Å². The van der Waals surface area contributed by atoms with Crippen LogP contribution in [0.4, 0.5) is 0 Å². The summed E-state index contributed by atoms with van der Waals surface area (Å²) in [5, 5.41) is 19.8. The van der Waals surface area contributed by atoms with E-state index in [1.807, 2.05) is 13.8 Å². The summed E-state index contributed by atoms with van der Waals surface area (Å²) in [7, 11) is 0. The third-order valence-corrected chi connectivity index (χ3v) is 11.2. The third kappa shape index (κ3) is 4.02. The molecule has 0 aromatic heterocycles. The molecule has 2 nitrogen and oxygen atoms in total. The molecule has 0 aromatic carbocycles. The molecule has 174 valence electrons. The van der Waals surface area contributed by atoms with E-state index in [1.54, 1.807) is 0 Å². The number of aliphatic hydroxyl groups excluding tert-OH is 1. The molecular weight excluding hydrogens is 368 g/mol. The average molecular weight is 419 g/mol. The average Bonchev–Trinajstić information content (AvgIpc) is 3.03. The Hall–Kier alpha value is -0.0800. The Morgan fingerprint density at radius 2 is 1.63 bits per heavy atom. The lowest BCUT2D eigenvalue weighted by Gasteiger charge is -2.61. The van der Waals surface area contributed by atoms with E-state index in [1.165, 1.54) is 70.6 Å². The lowest BCUT2D eigenvalue weighted by molar-refractivity contribution is -0.123. The van der Waals surface area contributed by atoms with Crippen LogP contribution in [0.5, 0.6) is 0 Å². The summed E-state index contributed by atoms with van der Waals surface area (Å²) >= 11 is 0. The highest BCUT2D eigenvalue weighted by molar-refractivity contribution is 5.09. The van der Waals surface area contributed by atoms with Gasteiger partial charge in [-0.3, -0.25) is 0 Å². The summed E-state index contributed by atoms with van der Waals surface area (Å²) in [6, 6.07) is 0. The van der Waals surface area contributed by atoms with Crippen LogP contribution in [-0.2, 0) is 0 Å². The lowest BCUT2D eigenvalue weighted by Crippen LogP contribution is -2.53. The van der Waals surface area contributed by atoms with Gasteiger partial charge in [-0.25, -0.2) is 0 Å². The van der Waals surface area contributed by atoms with Crippen LogP contribution in [0.1, 0.15) is 112 Å². The van der Waals surface area contributed by atoms with Crippen molar-refractivity contribution >= 4 is 0 Å². The zero-order chi connectivity index (χ0) is 21.7. The molecule has 1 unspecified atom stereocenters. The smallest absolute Gasteiger partial charge is 0.0591 e. The molecule has 0 amide bonds. The zero-order valence-corrected chi connectivity index (χ0v) is 20.6. The second-order valence-electron chi connectivity index (χ2n) is 13.4. The maximum Gasteiger partial charge on any atom is 0.0591 e. The fraction of sp³-hybridized carbons (Fsp3) is 1.00. The largest absolute Gasteiger partial charge is 0.396 e. The van der Waals surface area contributed by atoms with Gasteiger partial charge in [0.25, 0.3) is 0 Å². The van der Waals surface area contributed by atoms with E-state index in [-0.39, 0.29) is 0 Å². The molecule has 9 atom stereocenters. The van der Waals surface area contributed by atoms with Gasteiger partial charge in [0.15, 0.2) is 0 Å². The summed E-state index contributed by atoms with van der Waals surface area (Å²) in [6.45, 7) is 12.2. The number of fused-ring (bicyclic) bond motifs is 5. The molecule has 30 heavy (non-hydrogen) atoms. The molecule has 0 bridgehead atoms. The Labute approximate surface area is 186 Å². The highest BCUT2D eigenvalue weighted by Gasteiger charge is 2.60. The first-order valence-corrected chi connectivity index (χ1v) is 13.4. The fourth-order valence-electron chi connectivity index (χ4n) is 9.55. The van der Waals surface area contributed by atoms with E-state index < -0.39 is 5.60 Å². The number of rotatable bonds is 6. The zero-order valence-electron chi connectivity index (χ0n) is 20.6. The van der Waals surface area contributed by atoms with E-state index in [2.05, 4.69) is 20.8 Å². The maximum atomic E-state index is 10.1. The molecule has 4 aliphatic rings. The number of hydrogen-bond donors (Lipinski definition) is 2. The van der Waals surface area contributed by atoms with Gasteiger partial charge in [-0.15, -0.1) is 0 Å². The summed E-state index contributed by atoms with van der Waals surface area (Å²) < 4.78 is 0. The molecule has 4 saturated carbocycles. The minimum absolute atomic E-state index is 0.411. The van der Waals surface area contributed by atoms with Gasteiger partial charge in [0.1, 0.15) is 0 Å². The van der Waals surface area contributed by atoms with Crippen LogP contribution in [0.25, 0.3) is 0 Å². The van der Waals surface area contributed by atoms with Gasteiger partial charge < -0.3 is 10.2 Å². The molecule has 2 heteroatoms. The Balaban J connectivity index is 1.44.